The van der Waals surface area contributed by atoms with E-state index in [1.807, 2.05) is 0 Å². The van der Waals surface area contributed by atoms with Gasteiger partial charge in [-0.3, -0.25) is 14.4 Å². The highest BCUT2D eigenvalue weighted by atomic mass is 16.4. The molecular formula is C21H20N2O5. The summed E-state index contributed by atoms with van der Waals surface area (Å²) >= 11 is 0. The molecule has 0 saturated heterocycles. The Hall–Kier alpha value is -3.74. The van der Waals surface area contributed by atoms with Gasteiger partial charge in [0.25, 0.3) is 5.91 Å². The van der Waals surface area contributed by atoms with Crippen molar-refractivity contribution in [2.45, 2.75) is 20.4 Å². The molecule has 0 aliphatic heterocycles. The molecule has 7 heteroatoms. The molecule has 2 aromatic rings. The van der Waals surface area contributed by atoms with E-state index < -0.39 is 17.8 Å². The molecule has 0 aliphatic rings. The third-order valence-corrected chi connectivity index (χ3v) is 3.92. The van der Waals surface area contributed by atoms with Gasteiger partial charge in [-0.15, -0.1) is 0 Å². The predicted octanol–water partition coefficient (Wildman–Crippen LogP) is 2.79. The standard InChI is InChI=1S/C21H20N2O5/c1-13(20(26)23-18-9-7-16(8-10-18)14(2)24)11-19(25)22-12-15-3-5-17(6-4-15)21(27)28/h3-11H,12H2,1-2H3,(H,22,25)(H,23,26)(H,27,28)/b13-11-. The molecule has 0 saturated carbocycles. The molecule has 2 aromatic carbocycles. The molecule has 144 valence electrons. The molecule has 2 amide bonds. The number of benzene rings is 2. The third-order valence-electron chi connectivity index (χ3n) is 3.92. The van der Waals surface area contributed by atoms with E-state index in [2.05, 4.69) is 10.6 Å². The highest BCUT2D eigenvalue weighted by molar-refractivity contribution is 6.07. The molecule has 0 spiro atoms. The van der Waals surface area contributed by atoms with Gasteiger partial charge in [0.05, 0.1) is 5.56 Å². The summed E-state index contributed by atoms with van der Waals surface area (Å²) in [5.74, 6) is -1.96. The Labute approximate surface area is 162 Å². The summed E-state index contributed by atoms with van der Waals surface area (Å²) in [6, 6.07) is 12.6. The Kier molecular flexibility index (Phi) is 6.81. The van der Waals surface area contributed by atoms with Crippen LogP contribution in [0.1, 0.15) is 40.1 Å². The van der Waals surface area contributed by atoms with Crippen LogP contribution in [0, 0.1) is 0 Å². The Morgan fingerprint density at radius 2 is 1.46 bits per heavy atom. The van der Waals surface area contributed by atoms with Crippen LogP contribution in [0.4, 0.5) is 5.69 Å². The van der Waals surface area contributed by atoms with Crippen LogP contribution in [0.25, 0.3) is 0 Å². The van der Waals surface area contributed by atoms with Gasteiger partial charge >= 0.3 is 5.97 Å². The molecule has 0 atom stereocenters. The first-order valence-electron chi connectivity index (χ1n) is 8.47. The third kappa shape index (κ3) is 5.91. The van der Waals surface area contributed by atoms with Crippen LogP contribution in [0.15, 0.2) is 60.2 Å². The van der Waals surface area contributed by atoms with Crippen molar-refractivity contribution in [3.05, 3.63) is 76.9 Å². The average Bonchev–Trinajstić information content (AvgIpc) is 2.67. The van der Waals surface area contributed by atoms with Gasteiger partial charge in [-0.1, -0.05) is 12.1 Å². The minimum absolute atomic E-state index is 0.0665. The van der Waals surface area contributed by atoms with Crippen LogP contribution in [0.5, 0.6) is 0 Å². The maximum atomic E-state index is 12.2. The van der Waals surface area contributed by atoms with Crippen LogP contribution in [0.2, 0.25) is 0 Å². The number of hydrogen-bond acceptors (Lipinski definition) is 4. The summed E-state index contributed by atoms with van der Waals surface area (Å²) in [4.78, 5) is 46.2. The molecule has 0 heterocycles. The van der Waals surface area contributed by atoms with Gasteiger partial charge in [0.1, 0.15) is 0 Å². The van der Waals surface area contributed by atoms with E-state index in [0.717, 1.165) is 5.56 Å². The Morgan fingerprint density at radius 1 is 0.893 bits per heavy atom. The number of carbonyl (C=O) groups is 4. The molecule has 28 heavy (non-hydrogen) atoms. The maximum absolute atomic E-state index is 12.2. The van der Waals surface area contributed by atoms with Crippen molar-refractivity contribution in [3.63, 3.8) is 0 Å². The van der Waals surface area contributed by atoms with Crippen LogP contribution in [-0.2, 0) is 16.1 Å². The molecule has 7 nitrogen and oxygen atoms in total. The number of rotatable bonds is 7. The molecular weight excluding hydrogens is 360 g/mol. The van der Waals surface area contributed by atoms with Gasteiger partial charge in [-0.05, 0) is 55.8 Å². The van der Waals surface area contributed by atoms with Gasteiger partial charge < -0.3 is 15.7 Å². The highest BCUT2D eigenvalue weighted by Crippen LogP contribution is 2.11. The number of Topliss-reactive ketones (excluding diaryl/α,β-unsaturated/α-hetero) is 1. The summed E-state index contributed by atoms with van der Waals surface area (Å²) < 4.78 is 0. The first-order valence-corrected chi connectivity index (χ1v) is 8.47. The first kappa shape index (κ1) is 20.6. The summed E-state index contributed by atoms with van der Waals surface area (Å²) in [7, 11) is 0. The van der Waals surface area contributed by atoms with Crippen LogP contribution in [0.3, 0.4) is 0 Å². The van der Waals surface area contributed by atoms with E-state index in [1.165, 1.54) is 32.1 Å². The lowest BCUT2D eigenvalue weighted by molar-refractivity contribution is -0.117. The molecule has 3 N–H and O–H groups in total. The maximum Gasteiger partial charge on any atom is 0.335 e. The fraction of sp³-hybridized carbons (Fsp3) is 0.143. The summed E-state index contributed by atoms with van der Waals surface area (Å²) in [5.41, 5.74) is 2.18. The van der Waals surface area contributed by atoms with Crippen LogP contribution < -0.4 is 10.6 Å². The molecule has 0 fully saturated rings. The number of hydrogen-bond donors (Lipinski definition) is 3. The van der Waals surface area contributed by atoms with Crippen molar-refractivity contribution in [3.8, 4) is 0 Å². The van der Waals surface area contributed by atoms with E-state index in [-0.39, 0.29) is 23.5 Å². The zero-order chi connectivity index (χ0) is 20.7. The smallest absolute Gasteiger partial charge is 0.335 e. The van der Waals surface area contributed by atoms with Gasteiger partial charge in [-0.25, -0.2) is 4.79 Å². The fourth-order valence-corrected chi connectivity index (χ4v) is 2.29. The van der Waals surface area contributed by atoms with Crippen LogP contribution >= 0.6 is 0 Å². The molecule has 0 unspecified atom stereocenters. The SMILES string of the molecule is CC(=O)c1ccc(NC(=O)/C(C)=C\C(=O)NCc2ccc(C(=O)O)cc2)cc1. The minimum Gasteiger partial charge on any atom is -0.478 e. The normalized spacial score (nSPS) is 10.9. The van der Waals surface area contributed by atoms with Crippen molar-refractivity contribution in [1.82, 2.24) is 5.32 Å². The minimum atomic E-state index is -1.02. The van der Waals surface area contributed by atoms with E-state index in [1.54, 1.807) is 36.4 Å². The van der Waals surface area contributed by atoms with Crippen molar-refractivity contribution >= 4 is 29.3 Å². The second-order valence-electron chi connectivity index (χ2n) is 6.13. The van der Waals surface area contributed by atoms with Crippen molar-refractivity contribution in [2.24, 2.45) is 0 Å². The van der Waals surface area contributed by atoms with E-state index in [9.17, 15) is 19.2 Å². The molecule has 0 radical (unpaired) electrons. The summed E-state index contributed by atoms with van der Waals surface area (Å²) in [6.07, 6.45) is 1.19. The number of carboxylic acid groups (broad SMARTS) is 1. The zero-order valence-corrected chi connectivity index (χ0v) is 15.5. The largest absolute Gasteiger partial charge is 0.478 e. The Morgan fingerprint density at radius 3 is 2.00 bits per heavy atom. The lowest BCUT2D eigenvalue weighted by Gasteiger charge is -2.07. The highest BCUT2D eigenvalue weighted by Gasteiger charge is 2.08. The van der Waals surface area contributed by atoms with Crippen molar-refractivity contribution < 1.29 is 24.3 Å². The van der Waals surface area contributed by atoms with E-state index in [4.69, 9.17) is 5.11 Å². The molecule has 0 aliphatic carbocycles. The van der Waals surface area contributed by atoms with Gasteiger partial charge in [-0.2, -0.15) is 0 Å². The zero-order valence-electron chi connectivity index (χ0n) is 15.5. The van der Waals surface area contributed by atoms with Crippen molar-refractivity contribution in [1.29, 1.82) is 0 Å². The predicted molar refractivity (Wildman–Crippen MR) is 104 cm³/mol. The topological polar surface area (TPSA) is 113 Å². The number of nitrogens with one attached hydrogen (secondary N) is 2. The number of amides is 2. The summed E-state index contributed by atoms with van der Waals surface area (Å²) in [5, 5.41) is 14.1. The monoisotopic (exact) mass is 380 g/mol. The fourth-order valence-electron chi connectivity index (χ4n) is 2.29. The van der Waals surface area contributed by atoms with E-state index >= 15 is 0 Å². The number of carbonyl (C=O) groups excluding carboxylic acids is 3. The number of carboxylic acids is 1. The van der Waals surface area contributed by atoms with E-state index in [0.29, 0.717) is 11.3 Å². The quantitative estimate of drug-likeness (QED) is 0.505. The van der Waals surface area contributed by atoms with Gasteiger partial charge in [0.15, 0.2) is 5.78 Å². The lowest BCUT2D eigenvalue weighted by atomic mass is 10.1. The van der Waals surface area contributed by atoms with Crippen molar-refractivity contribution in [2.75, 3.05) is 5.32 Å². The summed E-state index contributed by atoms with van der Waals surface area (Å²) in [6.45, 7) is 3.18. The Balaban J connectivity index is 1.90. The Bertz CT molecular complexity index is 928. The number of anilines is 1. The molecule has 2 rings (SSSR count). The average molecular weight is 380 g/mol. The second-order valence-corrected chi connectivity index (χ2v) is 6.13. The number of aromatic carboxylic acids is 1. The van der Waals surface area contributed by atoms with Gasteiger partial charge in [0, 0.05) is 29.4 Å². The lowest BCUT2D eigenvalue weighted by Crippen LogP contribution is -2.22. The molecule has 0 bridgehead atoms. The van der Waals surface area contributed by atoms with Crippen LogP contribution in [-0.4, -0.2) is 28.7 Å². The second kappa shape index (κ2) is 9.27. The molecule has 0 aromatic heterocycles. The number of ketones is 1. The van der Waals surface area contributed by atoms with Gasteiger partial charge in [0.2, 0.25) is 5.91 Å². The first-order chi connectivity index (χ1) is 13.3.